The van der Waals surface area contributed by atoms with Crippen LogP contribution in [0.15, 0.2) is 18.2 Å². The molecule has 1 heterocycles. The van der Waals surface area contributed by atoms with Gasteiger partial charge in [-0.3, -0.25) is 9.59 Å². The second kappa shape index (κ2) is 7.84. The molecule has 2 amide bonds. The number of carboxylic acids is 1. The van der Waals surface area contributed by atoms with Crippen LogP contribution in [0, 0.1) is 11.8 Å². The van der Waals surface area contributed by atoms with Crippen LogP contribution in [0.4, 0.5) is 0 Å². The summed E-state index contributed by atoms with van der Waals surface area (Å²) in [5, 5.41) is 12.6. The SMILES string of the molecule is O=C(NC(C(=O)O)C1CC1)C1CCCN(C(=O)c2ccc(Cl)c(Cl)c2)C1. The van der Waals surface area contributed by atoms with E-state index < -0.39 is 17.9 Å². The second-order valence-electron chi connectivity index (χ2n) is 6.88. The van der Waals surface area contributed by atoms with Gasteiger partial charge in [0.25, 0.3) is 5.91 Å². The first-order valence-electron chi connectivity index (χ1n) is 8.64. The number of carboxylic acid groups (broad SMARTS) is 1. The Morgan fingerprint density at radius 2 is 1.88 bits per heavy atom. The van der Waals surface area contributed by atoms with E-state index in [0.29, 0.717) is 35.0 Å². The van der Waals surface area contributed by atoms with E-state index >= 15 is 0 Å². The van der Waals surface area contributed by atoms with Gasteiger partial charge in [-0.2, -0.15) is 0 Å². The molecule has 140 valence electrons. The van der Waals surface area contributed by atoms with Gasteiger partial charge in [-0.05, 0) is 49.8 Å². The van der Waals surface area contributed by atoms with E-state index in [4.69, 9.17) is 23.2 Å². The molecule has 2 unspecified atom stereocenters. The summed E-state index contributed by atoms with van der Waals surface area (Å²) in [6, 6.07) is 3.86. The molecule has 0 bridgehead atoms. The molecule has 1 saturated carbocycles. The lowest BCUT2D eigenvalue weighted by Crippen LogP contribution is -2.50. The summed E-state index contributed by atoms with van der Waals surface area (Å²) in [4.78, 5) is 38.1. The molecule has 1 aliphatic carbocycles. The van der Waals surface area contributed by atoms with Crippen LogP contribution in [0.3, 0.4) is 0 Å². The first kappa shape index (κ1) is 19.0. The highest BCUT2D eigenvalue weighted by atomic mass is 35.5. The molecule has 2 fully saturated rings. The fourth-order valence-corrected chi connectivity index (χ4v) is 3.57. The second-order valence-corrected chi connectivity index (χ2v) is 7.70. The number of carbonyl (C=O) groups excluding carboxylic acids is 2. The number of amides is 2. The number of nitrogens with one attached hydrogen (secondary N) is 1. The summed E-state index contributed by atoms with van der Waals surface area (Å²) in [5.41, 5.74) is 0.418. The smallest absolute Gasteiger partial charge is 0.326 e. The largest absolute Gasteiger partial charge is 0.480 e. The van der Waals surface area contributed by atoms with Gasteiger partial charge in [0.1, 0.15) is 6.04 Å². The lowest BCUT2D eigenvalue weighted by molar-refractivity contribution is -0.143. The molecular weight excluding hydrogens is 379 g/mol. The maximum Gasteiger partial charge on any atom is 0.326 e. The van der Waals surface area contributed by atoms with Crippen LogP contribution in [0.5, 0.6) is 0 Å². The molecular formula is C18H20Cl2N2O4. The fourth-order valence-electron chi connectivity index (χ4n) is 3.27. The molecule has 1 saturated heterocycles. The average Bonchev–Trinajstić information content (AvgIpc) is 3.46. The number of nitrogens with zero attached hydrogens (tertiary/aromatic N) is 1. The van der Waals surface area contributed by atoms with Crippen molar-refractivity contribution < 1.29 is 19.5 Å². The van der Waals surface area contributed by atoms with Gasteiger partial charge in [-0.25, -0.2) is 4.79 Å². The molecule has 1 aromatic rings. The van der Waals surface area contributed by atoms with E-state index in [1.807, 2.05) is 0 Å². The van der Waals surface area contributed by atoms with Gasteiger partial charge in [0.2, 0.25) is 5.91 Å². The van der Waals surface area contributed by atoms with Crippen molar-refractivity contribution in [3.63, 3.8) is 0 Å². The first-order valence-corrected chi connectivity index (χ1v) is 9.40. The van der Waals surface area contributed by atoms with Gasteiger partial charge in [0.05, 0.1) is 16.0 Å². The van der Waals surface area contributed by atoms with Crippen molar-refractivity contribution >= 4 is 41.0 Å². The summed E-state index contributed by atoms with van der Waals surface area (Å²) in [6.45, 7) is 0.815. The minimum atomic E-state index is -1.000. The number of piperidine rings is 1. The number of halogens is 2. The quantitative estimate of drug-likeness (QED) is 0.797. The van der Waals surface area contributed by atoms with Crippen LogP contribution >= 0.6 is 23.2 Å². The number of hydrogen-bond donors (Lipinski definition) is 2. The highest BCUT2D eigenvalue weighted by molar-refractivity contribution is 6.42. The van der Waals surface area contributed by atoms with Crippen LogP contribution in [-0.4, -0.2) is 46.9 Å². The van der Waals surface area contributed by atoms with Crippen molar-refractivity contribution in [3.8, 4) is 0 Å². The summed E-state index contributed by atoms with van der Waals surface area (Å²) >= 11 is 11.9. The molecule has 26 heavy (non-hydrogen) atoms. The Morgan fingerprint density at radius 3 is 2.50 bits per heavy atom. The number of benzene rings is 1. The van der Waals surface area contributed by atoms with E-state index in [9.17, 15) is 19.5 Å². The molecule has 3 rings (SSSR count). The van der Waals surface area contributed by atoms with Crippen molar-refractivity contribution in [1.82, 2.24) is 10.2 Å². The fraction of sp³-hybridized carbons (Fsp3) is 0.500. The molecule has 0 spiro atoms. The maximum absolute atomic E-state index is 12.7. The summed E-state index contributed by atoms with van der Waals surface area (Å²) < 4.78 is 0. The molecule has 1 aliphatic heterocycles. The molecule has 8 heteroatoms. The average molecular weight is 399 g/mol. The van der Waals surface area contributed by atoms with Crippen LogP contribution in [0.1, 0.15) is 36.0 Å². The normalized spacial score (nSPS) is 21.2. The first-order chi connectivity index (χ1) is 12.4. The molecule has 0 radical (unpaired) electrons. The standard InChI is InChI=1S/C18H20Cl2N2O4/c19-13-6-5-11(8-14(13)20)17(24)22-7-1-2-12(9-22)16(23)21-15(18(25)26)10-3-4-10/h5-6,8,10,12,15H,1-4,7,9H2,(H,21,23)(H,25,26). The molecule has 2 N–H and O–H groups in total. The van der Waals surface area contributed by atoms with Crippen LogP contribution < -0.4 is 5.32 Å². The third-order valence-electron chi connectivity index (χ3n) is 4.90. The molecule has 0 aromatic heterocycles. The van der Waals surface area contributed by atoms with Crippen molar-refractivity contribution in [2.75, 3.05) is 13.1 Å². The highest BCUT2D eigenvalue weighted by Crippen LogP contribution is 2.33. The van der Waals surface area contributed by atoms with Crippen molar-refractivity contribution in [2.45, 2.75) is 31.7 Å². The summed E-state index contributed by atoms with van der Waals surface area (Å²) in [6.07, 6.45) is 2.97. The number of rotatable bonds is 5. The Kier molecular flexibility index (Phi) is 5.73. The molecule has 2 atom stereocenters. The highest BCUT2D eigenvalue weighted by Gasteiger charge is 2.39. The number of aliphatic carboxylic acids is 1. The van der Waals surface area contributed by atoms with Crippen LogP contribution in [0.25, 0.3) is 0 Å². The van der Waals surface area contributed by atoms with Gasteiger partial charge in [-0.15, -0.1) is 0 Å². The zero-order valence-electron chi connectivity index (χ0n) is 14.1. The van der Waals surface area contributed by atoms with E-state index in [2.05, 4.69) is 5.32 Å². The summed E-state index contributed by atoms with van der Waals surface area (Å²) in [7, 11) is 0. The Balaban J connectivity index is 1.64. The van der Waals surface area contributed by atoms with Crippen molar-refractivity contribution in [1.29, 1.82) is 0 Å². The third-order valence-corrected chi connectivity index (χ3v) is 5.64. The lowest BCUT2D eigenvalue weighted by atomic mass is 9.95. The number of hydrogen-bond acceptors (Lipinski definition) is 3. The van der Waals surface area contributed by atoms with Gasteiger partial charge in [-0.1, -0.05) is 23.2 Å². The Bertz CT molecular complexity index is 736. The van der Waals surface area contributed by atoms with Crippen molar-refractivity contribution in [3.05, 3.63) is 33.8 Å². The van der Waals surface area contributed by atoms with Gasteiger partial charge < -0.3 is 15.3 Å². The predicted molar refractivity (Wildman–Crippen MR) is 97.4 cm³/mol. The van der Waals surface area contributed by atoms with Crippen LogP contribution in [-0.2, 0) is 9.59 Å². The van der Waals surface area contributed by atoms with Crippen LogP contribution in [0.2, 0.25) is 10.0 Å². The Hall–Kier alpha value is -1.79. The lowest BCUT2D eigenvalue weighted by Gasteiger charge is -2.32. The topological polar surface area (TPSA) is 86.7 Å². The van der Waals surface area contributed by atoms with E-state index in [1.54, 1.807) is 17.0 Å². The predicted octanol–water partition coefficient (Wildman–Crippen LogP) is 2.83. The Labute approximate surface area is 161 Å². The third kappa shape index (κ3) is 4.30. The van der Waals surface area contributed by atoms with Crippen molar-refractivity contribution in [2.24, 2.45) is 11.8 Å². The maximum atomic E-state index is 12.7. The number of carbonyl (C=O) groups is 3. The zero-order chi connectivity index (χ0) is 18.8. The molecule has 1 aromatic carbocycles. The molecule has 2 aliphatic rings. The number of likely N-dealkylation sites (tertiary alicyclic amines) is 1. The van der Waals surface area contributed by atoms with E-state index in [0.717, 1.165) is 12.8 Å². The summed E-state index contributed by atoms with van der Waals surface area (Å²) in [5.74, 6) is -1.89. The molecule has 6 nitrogen and oxygen atoms in total. The minimum Gasteiger partial charge on any atom is -0.480 e. The monoisotopic (exact) mass is 398 g/mol. The van der Waals surface area contributed by atoms with Gasteiger partial charge in [0.15, 0.2) is 0 Å². The van der Waals surface area contributed by atoms with E-state index in [1.165, 1.54) is 6.07 Å². The Morgan fingerprint density at radius 1 is 1.15 bits per heavy atom. The zero-order valence-corrected chi connectivity index (χ0v) is 15.6. The minimum absolute atomic E-state index is 0.0222. The van der Waals surface area contributed by atoms with E-state index in [-0.39, 0.29) is 24.3 Å². The van der Waals surface area contributed by atoms with Gasteiger partial charge in [0, 0.05) is 18.7 Å². The van der Waals surface area contributed by atoms with Gasteiger partial charge >= 0.3 is 5.97 Å².